The summed E-state index contributed by atoms with van der Waals surface area (Å²) in [6.45, 7) is 5.59. The second-order valence-electron chi connectivity index (χ2n) is 6.03. The zero-order chi connectivity index (χ0) is 15.0. The monoisotopic (exact) mass is 304 g/mol. The average Bonchev–Trinajstić information content (AvgIpc) is 2.70. The van der Waals surface area contributed by atoms with E-state index in [1.165, 1.54) is 0 Å². The van der Waals surface area contributed by atoms with Gasteiger partial charge in [0, 0.05) is 30.3 Å². The maximum Gasteiger partial charge on any atom is 0.242 e. The molecule has 5 heteroatoms. The molecule has 0 N–H and O–H groups in total. The van der Waals surface area contributed by atoms with Crippen LogP contribution in [0.4, 0.5) is 5.69 Å². The summed E-state index contributed by atoms with van der Waals surface area (Å²) in [5.74, 6) is 2.04. The molecule has 4 nitrogen and oxygen atoms in total. The van der Waals surface area contributed by atoms with Crippen molar-refractivity contribution in [2.45, 2.75) is 19.3 Å². The number of fused-ring (bicyclic) bond motifs is 1. The zero-order valence-electron chi connectivity index (χ0n) is 12.5. The standard InChI is InChI=1S/C16H20N2O2S/c1-16(2)12-5-3-4-6-13(12)18(15(16)20)11-14(19)17-7-9-21-10-8-17/h3-6H,7-11H2,1-2H3. The molecule has 2 amide bonds. The predicted octanol–water partition coefficient (Wildman–Crippen LogP) is 1.89. The van der Waals surface area contributed by atoms with Crippen molar-refractivity contribution in [3.05, 3.63) is 29.8 Å². The Kier molecular flexibility index (Phi) is 3.69. The van der Waals surface area contributed by atoms with E-state index in [0.717, 1.165) is 35.8 Å². The van der Waals surface area contributed by atoms with E-state index in [2.05, 4.69) is 0 Å². The number of anilines is 1. The largest absolute Gasteiger partial charge is 0.339 e. The van der Waals surface area contributed by atoms with Crippen LogP contribution in [0.3, 0.4) is 0 Å². The minimum absolute atomic E-state index is 0.0171. The second kappa shape index (κ2) is 5.37. The normalized spacial score (nSPS) is 20.6. The molecule has 0 spiro atoms. The minimum Gasteiger partial charge on any atom is -0.339 e. The third-order valence-electron chi connectivity index (χ3n) is 4.31. The number of carbonyl (C=O) groups excluding carboxylic acids is 2. The number of hydrogen-bond donors (Lipinski definition) is 0. The number of para-hydroxylation sites is 1. The lowest BCUT2D eigenvalue weighted by Gasteiger charge is -2.29. The molecule has 0 atom stereocenters. The Morgan fingerprint density at radius 1 is 1.24 bits per heavy atom. The maximum absolute atomic E-state index is 12.7. The Hall–Kier alpha value is -1.49. The molecule has 1 aromatic rings. The Morgan fingerprint density at radius 3 is 2.62 bits per heavy atom. The molecule has 1 aromatic carbocycles. The van der Waals surface area contributed by atoms with E-state index in [1.807, 2.05) is 54.8 Å². The molecular weight excluding hydrogens is 284 g/mol. The molecule has 0 bridgehead atoms. The van der Waals surface area contributed by atoms with Crippen LogP contribution in [0.15, 0.2) is 24.3 Å². The van der Waals surface area contributed by atoms with Gasteiger partial charge in [-0.05, 0) is 25.5 Å². The molecule has 112 valence electrons. The highest BCUT2D eigenvalue weighted by molar-refractivity contribution is 7.99. The number of rotatable bonds is 2. The van der Waals surface area contributed by atoms with Crippen molar-refractivity contribution in [1.82, 2.24) is 4.90 Å². The third kappa shape index (κ3) is 2.44. The molecule has 2 aliphatic heterocycles. The Bertz CT molecular complexity index is 579. The fourth-order valence-corrected chi connectivity index (χ4v) is 3.91. The van der Waals surface area contributed by atoms with Crippen LogP contribution in [0.1, 0.15) is 19.4 Å². The first kappa shape index (κ1) is 14.4. The van der Waals surface area contributed by atoms with Gasteiger partial charge < -0.3 is 9.80 Å². The number of carbonyl (C=O) groups is 2. The number of nitrogens with zero attached hydrogens (tertiary/aromatic N) is 2. The molecule has 0 unspecified atom stereocenters. The fourth-order valence-electron chi connectivity index (χ4n) is 3.00. The van der Waals surface area contributed by atoms with Gasteiger partial charge >= 0.3 is 0 Å². The minimum atomic E-state index is -0.547. The number of hydrogen-bond acceptors (Lipinski definition) is 3. The Morgan fingerprint density at radius 2 is 1.90 bits per heavy atom. The van der Waals surface area contributed by atoms with Gasteiger partial charge in [0.1, 0.15) is 6.54 Å². The summed E-state index contributed by atoms with van der Waals surface area (Å²) in [7, 11) is 0. The molecule has 1 fully saturated rings. The molecule has 2 heterocycles. The van der Waals surface area contributed by atoms with Crippen LogP contribution < -0.4 is 4.90 Å². The van der Waals surface area contributed by atoms with E-state index in [1.54, 1.807) is 4.90 Å². The second-order valence-corrected chi connectivity index (χ2v) is 7.25. The van der Waals surface area contributed by atoms with Crippen molar-refractivity contribution in [2.75, 3.05) is 36.0 Å². The number of thioether (sulfide) groups is 1. The van der Waals surface area contributed by atoms with E-state index in [4.69, 9.17) is 0 Å². The predicted molar refractivity (Wildman–Crippen MR) is 85.7 cm³/mol. The van der Waals surface area contributed by atoms with Gasteiger partial charge in [0.2, 0.25) is 11.8 Å². The number of benzene rings is 1. The van der Waals surface area contributed by atoms with Gasteiger partial charge in [0.15, 0.2) is 0 Å². The average molecular weight is 304 g/mol. The van der Waals surface area contributed by atoms with Crippen LogP contribution >= 0.6 is 11.8 Å². The summed E-state index contributed by atoms with van der Waals surface area (Å²) < 4.78 is 0. The van der Waals surface area contributed by atoms with Crippen molar-refractivity contribution in [3.8, 4) is 0 Å². The summed E-state index contributed by atoms with van der Waals surface area (Å²) in [4.78, 5) is 28.6. The van der Waals surface area contributed by atoms with Crippen molar-refractivity contribution in [1.29, 1.82) is 0 Å². The Labute approximate surface area is 129 Å². The molecule has 3 rings (SSSR count). The van der Waals surface area contributed by atoms with Gasteiger partial charge in [-0.25, -0.2) is 0 Å². The summed E-state index contributed by atoms with van der Waals surface area (Å²) in [6.07, 6.45) is 0. The lowest BCUT2D eigenvalue weighted by molar-refractivity contribution is -0.131. The fraction of sp³-hybridized carbons (Fsp3) is 0.500. The van der Waals surface area contributed by atoms with Crippen LogP contribution in [-0.2, 0) is 15.0 Å². The third-order valence-corrected chi connectivity index (χ3v) is 5.25. The Balaban J connectivity index is 1.82. The lowest BCUT2D eigenvalue weighted by Crippen LogP contribution is -2.46. The molecular formula is C16H20N2O2S. The molecule has 0 saturated carbocycles. The van der Waals surface area contributed by atoms with Gasteiger partial charge in [0.25, 0.3) is 0 Å². The van der Waals surface area contributed by atoms with Crippen LogP contribution in [0, 0.1) is 0 Å². The van der Waals surface area contributed by atoms with Crippen LogP contribution in [0.2, 0.25) is 0 Å². The van der Waals surface area contributed by atoms with Gasteiger partial charge in [0.05, 0.1) is 5.41 Å². The molecule has 21 heavy (non-hydrogen) atoms. The molecule has 2 aliphatic rings. The van der Waals surface area contributed by atoms with Crippen molar-refractivity contribution >= 4 is 29.3 Å². The molecule has 0 aliphatic carbocycles. The van der Waals surface area contributed by atoms with Gasteiger partial charge in [-0.15, -0.1) is 0 Å². The smallest absolute Gasteiger partial charge is 0.242 e. The highest BCUT2D eigenvalue weighted by Gasteiger charge is 2.44. The van der Waals surface area contributed by atoms with E-state index in [0.29, 0.717) is 0 Å². The quantitative estimate of drug-likeness (QED) is 0.838. The van der Waals surface area contributed by atoms with Crippen molar-refractivity contribution < 1.29 is 9.59 Å². The zero-order valence-corrected chi connectivity index (χ0v) is 13.3. The summed E-state index contributed by atoms with van der Waals surface area (Å²) in [6, 6.07) is 7.78. The first-order valence-electron chi connectivity index (χ1n) is 7.29. The van der Waals surface area contributed by atoms with Crippen LogP contribution in [-0.4, -0.2) is 47.9 Å². The van der Waals surface area contributed by atoms with E-state index < -0.39 is 5.41 Å². The van der Waals surface area contributed by atoms with Crippen LogP contribution in [0.25, 0.3) is 0 Å². The highest BCUT2D eigenvalue weighted by atomic mass is 32.2. The summed E-state index contributed by atoms with van der Waals surface area (Å²) in [5, 5.41) is 0. The lowest BCUT2D eigenvalue weighted by atomic mass is 9.86. The van der Waals surface area contributed by atoms with Crippen molar-refractivity contribution in [3.63, 3.8) is 0 Å². The van der Waals surface area contributed by atoms with E-state index in [9.17, 15) is 9.59 Å². The van der Waals surface area contributed by atoms with Gasteiger partial charge in [-0.3, -0.25) is 9.59 Å². The SMILES string of the molecule is CC1(C)C(=O)N(CC(=O)N2CCSCC2)c2ccccc21. The number of amides is 2. The first-order chi connectivity index (χ1) is 10.0. The van der Waals surface area contributed by atoms with Gasteiger partial charge in [-0.1, -0.05) is 18.2 Å². The van der Waals surface area contributed by atoms with Crippen molar-refractivity contribution in [2.24, 2.45) is 0 Å². The summed E-state index contributed by atoms with van der Waals surface area (Å²) >= 11 is 1.87. The topological polar surface area (TPSA) is 40.6 Å². The molecule has 0 aromatic heterocycles. The summed E-state index contributed by atoms with van der Waals surface area (Å²) in [5.41, 5.74) is 1.35. The molecule has 1 saturated heterocycles. The highest BCUT2D eigenvalue weighted by Crippen LogP contribution is 2.41. The van der Waals surface area contributed by atoms with Crippen LogP contribution in [0.5, 0.6) is 0 Å². The molecule has 0 radical (unpaired) electrons. The first-order valence-corrected chi connectivity index (χ1v) is 8.44. The maximum atomic E-state index is 12.7. The van der Waals surface area contributed by atoms with Gasteiger partial charge in [-0.2, -0.15) is 11.8 Å². The van der Waals surface area contributed by atoms with E-state index in [-0.39, 0.29) is 18.4 Å². The van der Waals surface area contributed by atoms with E-state index >= 15 is 0 Å².